The largest absolute Gasteiger partial charge is 0.325 e. The Balaban J connectivity index is 2.95. The van der Waals surface area contributed by atoms with Gasteiger partial charge in [0.15, 0.2) is 0 Å². The van der Waals surface area contributed by atoms with Gasteiger partial charge in [0.1, 0.15) is 6.54 Å². The first kappa shape index (κ1) is 13.0. The first-order chi connectivity index (χ1) is 7.48. The molecule has 1 aromatic rings. The van der Waals surface area contributed by atoms with Gasteiger partial charge in [-0.3, -0.25) is 0 Å². The summed E-state index contributed by atoms with van der Waals surface area (Å²) in [6.07, 6.45) is 0. The molecule has 5 heteroatoms. The van der Waals surface area contributed by atoms with Gasteiger partial charge < -0.3 is 4.48 Å². The van der Waals surface area contributed by atoms with Crippen LogP contribution in [0.5, 0.6) is 0 Å². The van der Waals surface area contributed by atoms with Crippen molar-refractivity contribution in [2.45, 2.75) is 13.5 Å². The van der Waals surface area contributed by atoms with E-state index < -0.39 is 0 Å². The monoisotopic (exact) mass is 283 g/mol. The van der Waals surface area contributed by atoms with Crippen molar-refractivity contribution in [3.8, 4) is 0 Å². The van der Waals surface area contributed by atoms with E-state index in [1.807, 2.05) is 18.2 Å². The lowest BCUT2D eigenvalue weighted by atomic mass is 10.2. The number of hydrogen-bond acceptors (Lipinski definition) is 1. The number of nitrogens with zero attached hydrogens (tertiary/aromatic N) is 4. The Labute approximate surface area is 104 Å². The molecule has 1 rings (SSSR count). The minimum atomic E-state index is 0.639. The third-order valence-electron chi connectivity index (χ3n) is 2.65. The molecule has 0 N–H and O–H groups in total. The van der Waals surface area contributed by atoms with Gasteiger partial charge >= 0.3 is 0 Å². The summed E-state index contributed by atoms with van der Waals surface area (Å²) in [4.78, 5) is 2.77. The molecule has 0 bridgehead atoms. The average molecular weight is 284 g/mol. The van der Waals surface area contributed by atoms with Crippen molar-refractivity contribution >= 4 is 21.6 Å². The lowest BCUT2D eigenvalue weighted by molar-refractivity contribution is -0.901. The molecule has 0 radical (unpaired) electrons. The van der Waals surface area contributed by atoms with Crippen LogP contribution < -0.4 is 0 Å². The van der Waals surface area contributed by atoms with Crippen molar-refractivity contribution in [2.75, 3.05) is 20.6 Å². The molecule has 86 valence electrons. The zero-order chi connectivity index (χ0) is 12.2. The molecule has 0 spiro atoms. The van der Waals surface area contributed by atoms with Gasteiger partial charge in [0.05, 0.1) is 20.6 Å². The number of quaternary nitrogens is 1. The maximum absolute atomic E-state index is 8.34. The zero-order valence-corrected chi connectivity index (χ0v) is 11.4. The van der Waals surface area contributed by atoms with E-state index in [1.165, 1.54) is 5.56 Å². The molecule has 0 fully saturated rings. The summed E-state index contributed by atoms with van der Waals surface area (Å²) in [5.74, 6) is 0. The normalized spacial score (nSPS) is 11.0. The summed E-state index contributed by atoms with van der Waals surface area (Å²) in [6, 6.07) is 5.70. The second-order valence-electron chi connectivity index (χ2n) is 4.38. The molecule has 0 atom stereocenters. The Morgan fingerprint density at radius 3 is 2.62 bits per heavy atom. The molecular formula is C11H16BrN4+. The van der Waals surface area contributed by atoms with E-state index in [0.717, 1.165) is 22.0 Å². The minimum absolute atomic E-state index is 0.639. The second kappa shape index (κ2) is 5.34. The number of benzene rings is 1. The van der Waals surface area contributed by atoms with Crippen molar-refractivity contribution < 1.29 is 4.48 Å². The van der Waals surface area contributed by atoms with Gasteiger partial charge in [-0.15, -0.1) is 0 Å². The van der Waals surface area contributed by atoms with E-state index in [1.54, 1.807) is 0 Å². The molecule has 0 aromatic heterocycles. The quantitative estimate of drug-likeness (QED) is 0.347. The van der Waals surface area contributed by atoms with Crippen LogP contribution in [0, 0.1) is 0 Å². The van der Waals surface area contributed by atoms with Crippen molar-refractivity contribution in [3.63, 3.8) is 0 Å². The SMILES string of the molecule is CC[N+](C)(C)Cc1ccc(N=[N+]=[N-])cc1Br. The third-order valence-corrected chi connectivity index (χ3v) is 3.39. The molecule has 0 unspecified atom stereocenters. The number of rotatable bonds is 4. The van der Waals surface area contributed by atoms with Crippen LogP contribution in [0.1, 0.15) is 12.5 Å². The van der Waals surface area contributed by atoms with E-state index >= 15 is 0 Å². The topological polar surface area (TPSA) is 48.8 Å². The zero-order valence-electron chi connectivity index (χ0n) is 9.81. The number of hydrogen-bond donors (Lipinski definition) is 0. The molecule has 0 amide bonds. The van der Waals surface area contributed by atoms with Gasteiger partial charge in [-0.1, -0.05) is 33.2 Å². The Morgan fingerprint density at radius 2 is 2.12 bits per heavy atom. The minimum Gasteiger partial charge on any atom is -0.325 e. The Bertz CT molecular complexity index is 422. The van der Waals surface area contributed by atoms with Crippen molar-refractivity contribution in [2.24, 2.45) is 5.11 Å². The smallest absolute Gasteiger partial charge is 0.105 e. The van der Waals surface area contributed by atoms with E-state index in [2.05, 4.69) is 47.0 Å². The van der Waals surface area contributed by atoms with Crippen LogP contribution in [0.3, 0.4) is 0 Å². The molecule has 0 aliphatic rings. The van der Waals surface area contributed by atoms with Crippen LogP contribution in [0.4, 0.5) is 5.69 Å². The van der Waals surface area contributed by atoms with Crippen LogP contribution in [0.25, 0.3) is 10.4 Å². The highest BCUT2D eigenvalue weighted by molar-refractivity contribution is 9.10. The van der Waals surface area contributed by atoms with Crippen LogP contribution in [-0.2, 0) is 6.54 Å². The lowest BCUT2D eigenvalue weighted by Gasteiger charge is -2.28. The number of halogens is 1. The summed E-state index contributed by atoms with van der Waals surface area (Å²) >= 11 is 3.51. The van der Waals surface area contributed by atoms with Crippen molar-refractivity contribution in [3.05, 3.63) is 38.7 Å². The van der Waals surface area contributed by atoms with E-state index in [0.29, 0.717) is 5.69 Å². The van der Waals surface area contributed by atoms with Crippen molar-refractivity contribution in [1.29, 1.82) is 0 Å². The summed E-state index contributed by atoms with van der Waals surface area (Å²) in [5, 5.41) is 3.57. The highest BCUT2D eigenvalue weighted by Gasteiger charge is 2.14. The van der Waals surface area contributed by atoms with E-state index in [-0.39, 0.29) is 0 Å². The molecule has 0 saturated heterocycles. The van der Waals surface area contributed by atoms with Gasteiger partial charge in [0.25, 0.3) is 0 Å². The van der Waals surface area contributed by atoms with Gasteiger partial charge in [0, 0.05) is 20.6 Å². The standard InChI is InChI=1S/C11H16BrN4/c1-4-16(2,3)8-9-5-6-10(14-15-13)7-11(9)12/h5-7H,4,8H2,1-3H3/q+1. The molecule has 16 heavy (non-hydrogen) atoms. The van der Waals surface area contributed by atoms with Crippen LogP contribution >= 0.6 is 15.9 Å². The van der Waals surface area contributed by atoms with Crippen LogP contribution in [0.2, 0.25) is 0 Å². The molecule has 0 heterocycles. The Morgan fingerprint density at radius 1 is 1.44 bits per heavy atom. The Kier molecular flexibility index (Phi) is 4.35. The lowest BCUT2D eigenvalue weighted by Crippen LogP contribution is -2.38. The summed E-state index contributed by atoms with van der Waals surface area (Å²) in [7, 11) is 4.38. The van der Waals surface area contributed by atoms with Crippen molar-refractivity contribution in [1.82, 2.24) is 0 Å². The van der Waals surface area contributed by atoms with Gasteiger partial charge in [0.2, 0.25) is 0 Å². The van der Waals surface area contributed by atoms with Gasteiger partial charge in [-0.25, -0.2) is 0 Å². The average Bonchev–Trinajstić information content (AvgIpc) is 2.23. The predicted molar refractivity (Wildman–Crippen MR) is 69.3 cm³/mol. The summed E-state index contributed by atoms with van der Waals surface area (Å²) in [5.41, 5.74) is 10.2. The van der Waals surface area contributed by atoms with E-state index in [9.17, 15) is 0 Å². The fourth-order valence-electron chi connectivity index (χ4n) is 1.35. The van der Waals surface area contributed by atoms with Gasteiger partial charge in [-0.05, 0) is 18.5 Å². The van der Waals surface area contributed by atoms with Crippen LogP contribution in [0.15, 0.2) is 27.8 Å². The van der Waals surface area contributed by atoms with Gasteiger partial charge in [-0.2, -0.15) is 0 Å². The first-order valence-corrected chi connectivity index (χ1v) is 5.93. The fourth-order valence-corrected chi connectivity index (χ4v) is 1.84. The highest BCUT2D eigenvalue weighted by Crippen LogP contribution is 2.25. The summed E-state index contributed by atoms with van der Waals surface area (Å²) < 4.78 is 1.93. The second-order valence-corrected chi connectivity index (χ2v) is 5.23. The first-order valence-electron chi connectivity index (χ1n) is 5.14. The highest BCUT2D eigenvalue weighted by atomic mass is 79.9. The Hall–Kier alpha value is -1.03. The molecule has 0 saturated carbocycles. The maximum Gasteiger partial charge on any atom is 0.105 e. The molecule has 0 aliphatic carbocycles. The van der Waals surface area contributed by atoms with Crippen LogP contribution in [-0.4, -0.2) is 25.1 Å². The molecule has 4 nitrogen and oxygen atoms in total. The molecule has 0 aliphatic heterocycles. The molecular weight excluding hydrogens is 268 g/mol. The van der Waals surface area contributed by atoms with E-state index in [4.69, 9.17) is 5.53 Å². The fraction of sp³-hybridized carbons (Fsp3) is 0.455. The molecule has 1 aromatic carbocycles. The summed E-state index contributed by atoms with van der Waals surface area (Å²) in [6.45, 7) is 4.19. The third kappa shape index (κ3) is 3.52. The predicted octanol–water partition coefficient (Wildman–Crippen LogP) is 3.99. The maximum atomic E-state index is 8.34. The number of azide groups is 1.